The molecule has 2 aromatic carbocycles. The number of hydrogen-bond acceptors (Lipinski definition) is 7. The van der Waals surface area contributed by atoms with Crippen molar-refractivity contribution in [3.63, 3.8) is 0 Å². The number of nitrogens with zero attached hydrogens (tertiary/aromatic N) is 1. The second-order valence-electron chi connectivity index (χ2n) is 8.17. The van der Waals surface area contributed by atoms with E-state index in [-0.39, 0.29) is 33.3 Å². The number of amides is 2. The third-order valence-electron chi connectivity index (χ3n) is 5.79. The van der Waals surface area contributed by atoms with Crippen LogP contribution in [0, 0.1) is 0 Å². The lowest BCUT2D eigenvalue weighted by molar-refractivity contribution is -0.180. The van der Waals surface area contributed by atoms with E-state index in [2.05, 4.69) is 0 Å². The molecule has 2 aliphatic rings. The van der Waals surface area contributed by atoms with Gasteiger partial charge in [0.1, 0.15) is 8.55 Å². The number of hydrogen-bond donors (Lipinski definition) is 1. The van der Waals surface area contributed by atoms with Crippen LogP contribution in [0.25, 0.3) is 6.08 Å². The lowest BCUT2D eigenvalue weighted by atomic mass is 10.0. The van der Waals surface area contributed by atoms with Crippen molar-refractivity contribution < 1.29 is 27.5 Å². The van der Waals surface area contributed by atoms with Crippen molar-refractivity contribution in [3.05, 3.63) is 84.6 Å². The van der Waals surface area contributed by atoms with E-state index < -0.39 is 27.6 Å². The number of carbonyl (C=O) groups excluding carboxylic acids is 2. The fraction of sp³-hybridized carbons (Fsp3) is 0.167. The summed E-state index contributed by atoms with van der Waals surface area (Å²) in [5.41, 5.74) is 1.98. The summed E-state index contributed by atoms with van der Waals surface area (Å²) in [5, 5.41) is 0.880. The quantitative estimate of drug-likeness (QED) is 0.353. The van der Waals surface area contributed by atoms with Gasteiger partial charge in [-0.2, -0.15) is 0 Å². The molecule has 2 amide bonds. The number of thiophene rings is 1. The van der Waals surface area contributed by atoms with Crippen molar-refractivity contribution >= 4 is 91.3 Å². The maximum absolute atomic E-state index is 13.6. The third kappa shape index (κ3) is 4.96. The van der Waals surface area contributed by atoms with Gasteiger partial charge >= 0.3 is 0 Å². The summed E-state index contributed by atoms with van der Waals surface area (Å²) >= 11 is 24.8. The van der Waals surface area contributed by atoms with Gasteiger partial charge in [0.2, 0.25) is 0 Å². The van der Waals surface area contributed by atoms with Crippen LogP contribution >= 0.6 is 57.7 Å². The minimum Gasteiger partial charge on any atom is -0.336 e. The summed E-state index contributed by atoms with van der Waals surface area (Å²) in [7, 11) is -4.19. The largest absolute Gasteiger partial charge is 0.336 e. The van der Waals surface area contributed by atoms with Gasteiger partial charge in [0.05, 0.1) is 30.5 Å². The number of ether oxygens (including phenoxy) is 2. The lowest BCUT2D eigenvalue weighted by Gasteiger charge is -2.22. The monoisotopic (exact) mass is 632 g/mol. The first kappa shape index (κ1) is 27.4. The van der Waals surface area contributed by atoms with Crippen molar-refractivity contribution in [2.75, 3.05) is 18.1 Å². The van der Waals surface area contributed by atoms with E-state index in [0.29, 0.717) is 32.4 Å². The average molecular weight is 634 g/mol. The Hall–Kier alpha value is -2.15. The van der Waals surface area contributed by atoms with Crippen molar-refractivity contribution in [1.82, 2.24) is 4.72 Å². The highest BCUT2D eigenvalue weighted by atomic mass is 35.5. The Morgan fingerprint density at radius 1 is 1.08 bits per heavy atom. The molecule has 0 aliphatic carbocycles. The Kier molecular flexibility index (Phi) is 7.53. The molecule has 3 aromatic rings. The van der Waals surface area contributed by atoms with Crippen molar-refractivity contribution in [3.8, 4) is 0 Å². The predicted molar refractivity (Wildman–Crippen MR) is 146 cm³/mol. The molecule has 0 bridgehead atoms. The van der Waals surface area contributed by atoms with Crippen LogP contribution in [0.2, 0.25) is 19.4 Å². The highest BCUT2D eigenvalue weighted by Gasteiger charge is 2.56. The molecular weight excluding hydrogens is 618 g/mol. The smallest absolute Gasteiger partial charge is 0.292 e. The number of benzene rings is 2. The molecule has 14 heteroatoms. The van der Waals surface area contributed by atoms with Crippen molar-refractivity contribution in [2.24, 2.45) is 0 Å². The molecule has 0 atom stereocenters. The zero-order valence-corrected chi connectivity index (χ0v) is 23.7. The number of halogens is 4. The summed E-state index contributed by atoms with van der Waals surface area (Å²) < 4.78 is 38.5. The fourth-order valence-corrected chi connectivity index (χ4v) is 7.45. The Balaban J connectivity index is 1.48. The van der Waals surface area contributed by atoms with Crippen LogP contribution in [0.4, 0.5) is 5.69 Å². The van der Waals surface area contributed by atoms with Crippen LogP contribution in [-0.2, 0) is 41.4 Å². The molecule has 1 aromatic heterocycles. The van der Waals surface area contributed by atoms with Gasteiger partial charge in [-0.25, -0.2) is 13.1 Å². The number of anilines is 1. The van der Waals surface area contributed by atoms with E-state index in [4.69, 9.17) is 55.9 Å². The van der Waals surface area contributed by atoms with Crippen LogP contribution in [0.5, 0.6) is 0 Å². The number of nitrogens with one attached hydrogen (secondary N) is 1. The molecule has 5 rings (SSSR count). The third-order valence-corrected chi connectivity index (χ3v) is 10.1. The van der Waals surface area contributed by atoms with Gasteiger partial charge < -0.3 is 14.4 Å². The maximum atomic E-state index is 13.6. The molecule has 38 heavy (non-hydrogen) atoms. The predicted octanol–water partition coefficient (Wildman–Crippen LogP) is 5.63. The SMILES string of the molecule is O=C(/C=C/c1cccc2c1N(Cc1ccc(Cl)cc1Cl)C(=O)C21OCCO1)NS(=O)(=O)c1cc(Cl)c(Cl)s1. The standard InChI is InChI=1S/C24H16Cl4N2O6S2/c25-15-6-4-14(17(26)10-15)12-30-21-13(2-1-3-16(21)24(23(30)32)35-8-9-36-24)5-7-19(31)29-38(33,34)20-11-18(27)22(28)37-20/h1-7,10-11H,8-9,12H2,(H,29,31)/b7-5+. The van der Waals surface area contributed by atoms with Gasteiger partial charge in [0, 0.05) is 21.7 Å². The van der Waals surface area contributed by atoms with Gasteiger partial charge in [0.15, 0.2) is 0 Å². The van der Waals surface area contributed by atoms with E-state index in [1.165, 1.54) is 11.0 Å². The zero-order chi connectivity index (χ0) is 27.2. The molecule has 1 spiro atoms. The van der Waals surface area contributed by atoms with Crippen LogP contribution in [0.15, 0.2) is 52.7 Å². The van der Waals surface area contributed by atoms with Gasteiger partial charge in [-0.15, -0.1) is 11.3 Å². The van der Waals surface area contributed by atoms with Gasteiger partial charge in [0.25, 0.3) is 27.6 Å². The first-order valence-electron chi connectivity index (χ1n) is 10.9. The Morgan fingerprint density at radius 3 is 2.47 bits per heavy atom. The molecule has 0 saturated carbocycles. The molecule has 3 heterocycles. The van der Waals surface area contributed by atoms with Gasteiger partial charge in [-0.1, -0.05) is 70.7 Å². The molecule has 1 fully saturated rings. The molecule has 0 radical (unpaired) electrons. The van der Waals surface area contributed by atoms with Crippen LogP contribution < -0.4 is 9.62 Å². The Labute approximate surface area is 241 Å². The van der Waals surface area contributed by atoms with Crippen LogP contribution in [0.1, 0.15) is 16.7 Å². The van der Waals surface area contributed by atoms with Crippen LogP contribution in [0.3, 0.4) is 0 Å². The summed E-state index contributed by atoms with van der Waals surface area (Å²) in [6.07, 6.45) is 2.44. The average Bonchev–Trinajstić information content (AvgIpc) is 3.55. The van der Waals surface area contributed by atoms with E-state index >= 15 is 0 Å². The number of fused-ring (bicyclic) bond motifs is 2. The van der Waals surface area contributed by atoms with E-state index in [1.54, 1.807) is 36.4 Å². The molecule has 1 N–H and O–H groups in total. The van der Waals surface area contributed by atoms with Crippen LogP contribution in [-0.4, -0.2) is 33.4 Å². The molecule has 198 valence electrons. The molecule has 0 unspecified atom stereocenters. The number of carbonyl (C=O) groups is 2. The summed E-state index contributed by atoms with van der Waals surface area (Å²) in [6.45, 7) is 0.511. The number of para-hydroxylation sites is 1. The van der Waals surface area contributed by atoms with E-state index in [0.717, 1.165) is 23.5 Å². The number of rotatable bonds is 6. The topological polar surface area (TPSA) is 102 Å². The van der Waals surface area contributed by atoms with Crippen molar-refractivity contribution in [1.29, 1.82) is 0 Å². The highest BCUT2D eigenvalue weighted by Crippen LogP contribution is 2.48. The van der Waals surface area contributed by atoms with E-state index in [9.17, 15) is 18.0 Å². The highest BCUT2D eigenvalue weighted by molar-refractivity contribution is 7.92. The van der Waals surface area contributed by atoms with E-state index in [1.807, 2.05) is 4.72 Å². The van der Waals surface area contributed by atoms with Gasteiger partial charge in [-0.05, 0) is 35.4 Å². The summed E-state index contributed by atoms with van der Waals surface area (Å²) in [6, 6.07) is 11.2. The molecule has 2 aliphatic heterocycles. The second-order valence-corrected chi connectivity index (χ2v) is 13.0. The molecule has 1 saturated heterocycles. The zero-order valence-electron chi connectivity index (χ0n) is 19.0. The lowest BCUT2D eigenvalue weighted by Crippen LogP contribution is -2.41. The molecule has 8 nitrogen and oxygen atoms in total. The minimum atomic E-state index is -4.19. The normalized spacial score (nSPS) is 16.5. The molecular formula is C24H16Cl4N2O6S2. The summed E-state index contributed by atoms with van der Waals surface area (Å²) in [5.74, 6) is -2.99. The minimum absolute atomic E-state index is 0.0655. The Bertz CT molecular complexity index is 1580. The summed E-state index contributed by atoms with van der Waals surface area (Å²) in [4.78, 5) is 27.7. The second kappa shape index (κ2) is 10.4. The number of sulfonamides is 1. The van der Waals surface area contributed by atoms with Gasteiger partial charge in [-0.3, -0.25) is 9.59 Å². The maximum Gasteiger partial charge on any atom is 0.292 e. The first-order chi connectivity index (χ1) is 18.0. The van der Waals surface area contributed by atoms with Crippen molar-refractivity contribution in [2.45, 2.75) is 16.5 Å². The Morgan fingerprint density at radius 2 is 1.82 bits per heavy atom. The fourth-order valence-electron chi connectivity index (χ4n) is 4.16. The first-order valence-corrected chi connectivity index (χ1v) is 14.7.